The van der Waals surface area contributed by atoms with Crippen molar-refractivity contribution in [3.05, 3.63) is 59.8 Å². The Morgan fingerprint density at radius 1 is 1.21 bits per heavy atom. The lowest BCUT2D eigenvalue weighted by molar-refractivity contribution is -0.137. The molecule has 3 aromatic rings. The van der Waals surface area contributed by atoms with Crippen molar-refractivity contribution in [3.63, 3.8) is 0 Å². The van der Waals surface area contributed by atoms with E-state index in [9.17, 15) is 28.2 Å². The Kier molecular flexibility index (Phi) is 6.16. The molecule has 1 unspecified atom stereocenters. The molecule has 6 nitrogen and oxygen atoms in total. The molecule has 0 aliphatic carbocycles. The van der Waals surface area contributed by atoms with E-state index in [1.165, 1.54) is 17.0 Å². The summed E-state index contributed by atoms with van der Waals surface area (Å²) in [5, 5.41) is 24.1. The third kappa shape index (κ3) is 4.45. The minimum atomic E-state index is -4.48. The highest BCUT2D eigenvalue weighted by molar-refractivity contribution is 5.94. The van der Waals surface area contributed by atoms with Gasteiger partial charge in [-0.25, -0.2) is 4.79 Å². The second kappa shape index (κ2) is 8.90. The van der Waals surface area contributed by atoms with Crippen LogP contribution in [0.1, 0.15) is 37.1 Å². The molecule has 1 amide bonds. The maximum Gasteiger partial charge on any atom is 0.417 e. The molecule has 0 fully saturated rings. The lowest BCUT2D eigenvalue weighted by atomic mass is 9.96. The molecule has 174 valence electrons. The van der Waals surface area contributed by atoms with Crippen molar-refractivity contribution < 1.29 is 28.2 Å². The van der Waals surface area contributed by atoms with Crippen LogP contribution in [0, 0.1) is 0 Å². The predicted molar refractivity (Wildman–Crippen MR) is 119 cm³/mol. The molecular formula is C24H24F3N3O3. The third-order valence-corrected chi connectivity index (χ3v) is 5.99. The number of hydrogen-bond donors (Lipinski definition) is 2. The number of aliphatic hydroxyl groups is 1. The molecule has 1 aromatic heterocycles. The van der Waals surface area contributed by atoms with Gasteiger partial charge in [0.2, 0.25) is 0 Å². The number of aliphatic hydroxyl groups excluding tert-OH is 1. The summed E-state index contributed by atoms with van der Waals surface area (Å²) in [5.74, 6) is 0. The normalized spacial score (nSPS) is 15.5. The van der Waals surface area contributed by atoms with Crippen LogP contribution in [-0.4, -0.2) is 50.7 Å². The maximum absolute atomic E-state index is 13.5. The van der Waals surface area contributed by atoms with Crippen LogP contribution in [0.2, 0.25) is 0 Å². The van der Waals surface area contributed by atoms with E-state index < -0.39 is 17.8 Å². The zero-order valence-corrected chi connectivity index (χ0v) is 18.0. The van der Waals surface area contributed by atoms with Crippen molar-refractivity contribution in [1.82, 2.24) is 14.7 Å². The molecule has 33 heavy (non-hydrogen) atoms. The average Bonchev–Trinajstić information content (AvgIpc) is 3.17. The lowest BCUT2D eigenvalue weighted by Gasteiger charge is -2.25. The van der Waals surface area contributed by atoms with Crippen LogP contribution in [0.4, 0.5) is 18.0 Å². The van der Waals surface area contributed by atoms with Gasteiger partial charge in [-0.3, -0.25) is 4.68 Å². The monoisotopic (exact) mass is 459 g/mol. The summed E-state index contributed by atoms with van der Waals surface area (Å²) in [4.78, 5) is 12.6. The molecule has 9 heteroatoms. The lowest BCUT2D eigenvalue weighted by Crippen LogP contribution is -2.33. The van der Waals surface area contributed by atoms with Crippen molar-refractivity contribution in [3.8, 4) is 11.1 Å². The molecule has 0 radical (unpaired) electrons. The molecule has 0 saturated heterocycles. The second-order valence-electron chi connectivity index (χ2n) is 8.14. The average molecular weight is 459 g/mol. The Labute approximate surface area is 188 Å². The van der Waals surface area contributed by atoms with Crippen LogP contribution in [-0.2, 0) is 6.18 Å². The zero-order chi connectivity index (χ0) is 23.8. The van der Waals surface area contributed by atoms with E-state index in [1.807, 2.05) is 13.0 Å². The van der Waals surface area contributed by atoms with Gasteiger partial charge >= 0.3 is 12.3 Å². The van der Waals surface area contributed by atoms with Crippen LogP contribution in [0.5, 0.6) is 0 Å². The highest BCUT2D eigenvalue weighted by Crippen LogP contribution is 2.39. The van der Waals surface area contributed by atoms with Crippen LogP contribution in [0.25, 0.3) is 27.6 Å². The number of carbonyl (C=O) groups is 1. The van der Waals surface area contributed by atoms with Gasteiger partial charge in [0.25, 0.3) is 0 Å². The molecule has 2 N–H and O–H groups in total. The number of fused-ring (bicyclic) bond motifs is 1. The molecular weight excluding hydrogens is 435 g/mol. The van der Waals surface area contributed by atoms with Gasteiger partial charge in [0, 0.05) is 25.1 Å². The first kappa shape index (κ1) is 22.8. The first-order valence-corrected chi connectivity index (χ1v) is 10.7. The fraction of sp³-hybridized carbons (Fsp3) is 0.333. The summed E-state index contributed by atoms with van der Waals surface area (Å²) < 4.78 is 42.4. The number of nitrogens with zero attached hydrogens (tertiary/aromatic N) is 3. The van der Waals surface area contributed by atoms with Crippen molar-refractivity contribution in [2.45, 2.75) is 32.0 Å². The Bertz CT molecular complexity index is 1220. The smallest absolute Gasteiger partial charge is 0.417 e. The zero-order valence-electron chi connectivity index (χ0n) is 18.0. The van der Waals surface area contributed by atoms with Crippen molar-refractivity contribution >= 4 is 22.6 Å². The van der Waals surface area contributed by atoms with E-state index in [-0.39, 0.29) is 24.8 Å². The summed E-state index contributed by atoms with van der Waals surface area (Å²) in [6.45, 7) is 2.48. The first-order chi connectivity index (χ1) is 15.7. The molecule has 0 spiro atoms. The molecule has 2 heterocycles. The fourth-order valence-corrected chi connectivity index (χ4v) is 4.26. The largest absolute Gasteiger partial charge is 0.465 e. The van der Waals surface area contributed by atoms with E-state index in [1.54, 1.807) is 28.9 Å². The number of rotatable bonds is 5. The van der Waals surface area contributed by atoms with Crippen LogP contribution >= 0.6 is 0 Å². The Morgan fingerprint density at radius 2 is 1.97 bits per heavy atom. The number of hydrogen-bond acceptors (Lipinski definition) is 3. The van der Waals surface area contributed by atoms with Crippen molar-refractivity contribution in [2.75, 3.05) is 19.7 Å². The summed E-state index contributed by atoms with van der Waals surface area (Å²) in [7, 11) is 0. The summed E-state index contributed by atoms with van der Waals surface area (Å²) in [5.41, 5.74) is 2.08. The van der Waals surface area contributed by atoms with Gasteiger partial charge in [-0.1, -0.05) is 30.3 Å². The van der Waals surface area contributed by atoms with E-state index in [2.05, 4.69) is 0 Å². The number of aromatic nitrogens is 2. The van der Waals surface area contributed by atoms with Crippen molar-refractivity contribution in [2.24, 2.45) is 0 Å². The quantitative estimate of drug-likeness (QED) is 0.533. The van der Waals surface area contributed by atoms with Gasteiger partial charge in [0.05, 0.1) is 22.8 Å². The van der Waals surface area contributed by atoms with E-state index in [4.69, 9.17) is 5.10 Å². The molecule has 1 aliphatic heterocycles. The molecule has 4 rings (SSSR count). The number of alkyl halides is 3. The van der Waals surface area contributed by atoms with Crippen LogP contribution in [0.15, 0.2) is 48.5 Å². The highest BCUT2D eigenvalue weighted by Gasteiger charge is 2.33. The van der Waals surface area contributed by atoms with E-state index in [0.29, 0.717) is 30.5 Å². The topological polar surface area (TPSA) is 78.6 Å². The molecule has 0 saturated carbocycles. The van der Waals surface area contributed by atoms with Gasteiger partial charge in [-0.05, 0) is 54.7 Å². The predicted octanol–water partition coefficient (Wildman–Crippen LogP) is 5.43. The SMILES string of the molecule is CC(CCO)n1nc2cc(-c3ccccc3C(F)(F)F)ccc2c1C1=CCN(C(=O)O)CC1. The summed E-state index contributed by atoms with van der Waals surface area (Å²) in [6, 6.07) is 10.4. The minimum absolute atomic E-state index is 0.0349. The highest BCUT2D eigenvalue weighted by atomic mass is 19.4. The summed E-state index contributed by atoms with van der Waals surface area (Å²) in [6.07, 6.45) is -2.65. The van der Waals surface area contributed by atoms with Gasteiger partial charge in [0.1, 0.15) is 0 Å². The molecule has 1 atom stereocenters. The van der Waals surface area contributed by atoms with Crippen molar-refractivity contribution in [1.29, 1.82) is 0 Å². The standard InChI is InChI=1S/C24H24F3N3O3/c1-15(10-13-31)30-22(16-8-11-29(12-9-16)23(32)33)19-7-6-17(14-21(19)28-30)18-4-2-3-5-20(18)24(25,26)27/h2-8,14-15,31H,9-13H2,1H3,(H,32,33). The Balaban J connectivity index is 1.84. The Morgan fingerprint density at radius 3 is 2.61 bits per heavy atom. The van der Waals surface area contributed by atoms with Gasteiger partial charge in [0.15, 0.2) is 0 Å². The van der Waals surface area contributed by atoms with Gasteiger partial charge in [-0.15, -0.1) is 0 Å². The van der Waals surface area contributed by atoms with Crippen LogP contribution in [0.3, 0.4) is 0 Å². The number of halogens is 3. The third-order valence-electron chi connectivity index (χ3n) is 5.99. The van der Waals surface area contributed by atoms with Gasteiger partial charge < -0.3 is 15.1 Å². The first-order valence-electron chi connectivity index (χ1n) is 10.7. The Hall–Kier alpha value is -3.33. The summed E-state index contributed by atoms with van der Waals surface area (Å²) >= 11 is 0. The second-order valence-corrected chi connectivity index (χ2v) is 8.14. The van der Waals surface area contributed by atoms with Gasteiger partial charge in [-0.2, -0.15) is 18.3 Å². The number of carboxylic acid groups (broad SMARTS) is 1. The number of benzene rings is 2. The number of amides is 1. The van der Waals surface area contributed by atoms with E-state index in [0.717, 1.165) is 22.7 Å². The van der Waals surface area contributed by atoms with Crippen LogP contribution < -0.4 is 0 Å². The minimum Gasteiger partial charge on any atom is -0.465 e. The fourth-order valence-electron chi connectivity index (χ4n) is 4.26. The molecule has 0 bridgehead atoms. The molecule has 2 aromatic carbocycles. The molecule has 1 aliphatic rings. The van der Waals surface area contributed by atoms with E-state index >= 15 is 0 Å². The maximum atomic E-state index is 13.5.